The Hall–Kier alpha value is -1.39. The molecule has 0 atom stereocenters. The molecule has 4 heteroatoms. The second kappa shape index (κ2) is 7.05. The lowest BCUT2D eigenvalue weighted by Gasteiger charge is -2.20. The molecule has 1 aromatic carbocycles. The van der Waals surface area contributed by atoms with Gasteiger partial charge in [0.1, 0.15) is 0 Å². The highest BCUT2D eigenvalue weighted by molar-refractivity contribution is 7.13. The summed E-state index contributed by atoms with van der Waals surface area (Å²) in [5, 5.41) is 6.74. The molecule has 0 amide bonds. The van der Waals surface area contributed by atoms with Crippen molar-refractivity contribution in [3.05, 3.63) is 47.0 Å². The van der Waals surface area contributed by atoms with Gasteiger partial charge in [0, 0.05) is 30.6 Å². The summed E-state index contributed by atoms with van der Waals surface area (Å²) in [6.07, 6.45) is 0. The minimum atomic E-state index is 0.123. The Morgan fingerprint density at radius 1 is 1.19 bits per heavy atom. The summed E-state index contributed by atoms with van der Waals surface area (Å²) >= 11 is 1.73. The Morgan fingerprint density at radius 3 is 2.52 bits per heavy atom. The number of rotatable bonds is 6. The molecule has 0 fully saturated rings. The SMILES string of the molecule is CCN(Cc1ccccc1)c1nc(CNC(C)(C)C)cs1. The lowest BCUT2D eigenvalue weighted by atomic mass is 10.1. The molecule has 0 aliphatic rings. The summed E-state index contributed by atoms with van der Waals surface area (Å²) in [5.74, 6) is 0. The fourth-order valence-corrected chi connectivity index (χ4v) is 2.89. The molecule has 0 saturated carbocycles. The third kappa shape index (κ3) is 5.14. The maximum absolute atomic E-state index is 4.76. The van der Waals surface area contributed by atoms with Gasteiger partial charge in [0.25, 0.3) is 0 Å². The van der Waals surface area contributed by atoms with Gasteiger partial charge in [0.15, 0.2) is 5.13 Å². The lowest BCUT2D eigenvalue weighted by Crippen LogP contribution is -2.35. The molecule has 114 valence electrons. The Bertz CT molecular complexity index is 543. The molecule has 0 radical (unpaired) electrons. The molecular weight excluding hydrogens is 278 g/mol. The van der Waals surface area contributed by atoms with E-state index in [1.165, 1.54) is 5.56 Å². The van der Waals surface area contributed by atoms with E-state index in [1.807, 2.05) is 0 Å². The van der Waals surface area contributed by atoms with Crippen LogP contribution in [0.5, 0.6) is 0 Å². The standard InChI is InChI=1S/C17H25N3S/c1-5-20(12-14-9-7-6-8-10-14)16-19-15(13-21-16)11-18-17(2,3)4/h6-10,13,18H,5,11-12H2,1-4H3. The van der Waals surface area contributed by atoms with Crippen molar-refractivity contribution >= 4 is 16.5 Å². The number of nitrogens with zero attached hydrogens (tertiary/aromatic N) is 2. The predicted octanol–water partition coefficient (Wildman–Crippen LogP) is 4.06. The van der Waals surface area contributed by atoms with Gasteiger partial charge in [-0.15, -0.1) is 11.3 Å². The van der Waals surface area contributed by atoms with E-state index in [2.05, 4.69) is 73.6 Å². The van der Waals surface area contributed by atoms with Crippen molar-refractivity contribution in [2.45, 2.75) is 46.3 Å². The van der Waals surface area contributed by atoms with E-state index in [4.69, 9.17) is 4.98 Å². The summed E-state index contributed by atoms with van der Waals surface area (Å²) in [6, 6.07) is 10.6. The second-order valence-corrected chi connectivity index (χ2v) is 7.06. The Labute approximate surface area is 132 Å². The molecule has 0 unspecified atom stereocenters. The molecule has 21 heavy (non-hydrogen) atoms. The zero-order chi connectivity index (χ0) is 15.3. The maximum Gasteiger partial charge on any atom is 0.185 e. The van der Waals surface area contributed by atoms with E-state index in [1.54, 1.807) is 11.3 Å². The van der Waals surface area contributed by atoms with Crippen molar-refractivity contribution in [1.29, 1.82) is 0 Å². The molecule has 0 saturated heterocycles. The van der Waals surface area contributed by atoms with Gasteiger partial charge in [0.2, 0.25) is 0 Å². The molecule has 0 spiro atoms. The predicted molar refractivity (Wildman–Crippen MR) is 91.9 cm³/mol. The van der Waals surface area contributed by atoms with Crippen molar-refractivity contribution < 1.29 is 0 Å². The first-order valence-corrected chi connectivity index (χ1v) is 8.34. The van der Waals surface area contributed by atoms with Crippen LogP contribution in [-0.4, -0.2) is 17.1 Å². The number of nitrogens with one attached hydrogen (secondary N) is 1. The highest BCUT2D eigenvalue weighted by Crippen LogP contribution is 2.22. The molecule has 0 aliphatic carbocycles. The average molecular weight is 303 g/mol. The van der Waals surface area contributed by atoms with Gasteiger partial charge in [-0.05, 0) is 33.3 Å². The summed E-state index contributed by atoms with van der Waals surface area (Å²) in [4.78, 5) is 7.08. The van der Waals surface area contributed by atoms with Gasteiger partial charge in [0.05, 0.1) is 5.69 Å². The van der Waals surface area contributed by atoms with E-state index in [0.717, 1.165) is 30.5 Å². The first kappa shape index (κ1) is 16.0. The van der Waals surface area contributed by atoms with E-state index < -0.39 is 0 Å². The van der Waals surface area contributed by atoms with Crippen LogP contribution < -0.4 is 10.2 Å². The minimum absolute atomic E-state index is 0.123. The van der Waals surface area contributed by atoms with Crippen LogP contribution >= 0.6 is 11.3 Å². The normalized spacial score (nSPS) is 11.6. The maximum atomic E-state index is 4.76. The van der Waals surface area contributed by atoms with Crippen LogP contribution in [0.15, 0.2) is 35.7 Å². The van der Waals surface area contributed by atoms with E-state index in [-0.39, 0.29) is 5.54 Å². The summed E-state index contributed by atoms with van der Waals surface area (Å²) < 4.78 is 0. The first-order valence-electron chi connectivity index (χ1n) is 7.46. The molecular formula is C17H25N3S. The molecule has 1 aromatic heterocycles. The van der Waals surface area contributed by atoms with Gasteiger partial charge in [-0.3, -0.25) is 0 Å². The van der Waals surface area contributed by atoms with E-state index in [0.29, 0.717) is 0 Å². The molecule has 0 aliphatic heterocycles. The number of anilines is 1. The van der Waals surface area contributed by atoms with Crippen LogP contribution in [-0.2, 0) is 13.1 Å². The molecule has 3 nitrogen and oxygen atoms in total. The quantitative estimate of drug-likeness (QED) is 0.872. The van der Waals surface area contributed by atoms with Gasteiger partial charge >= 0.3 is 0 Å². The summed E-state index contributed by atoms with van der Waals surface area (Å²) in [5.41, 5.74) is 2.57. The van der Waals surface area contributed by atoms with Crippen LogP contribution in [0.3, 0.4) is 0 Å². The fraction of sp³-hybridized carbons (Fsp3) is 0.471. The number of aromatic nitrogens is 1. The molecule has 0 bridgehead atoms. The highest BCUT2D eigenvalue weighted by Gasteiger charge is 2.13. The highest BCUT2D eigenvalue weighted by atomic mass is 32.1. The van der Waals surface area contributed by atoms with Gasteiger partial charge in [-0.2, -0.15) is 0 Å². The third-order valence-corrected chi connectivity index (χ3v) is 4.16. The largest absolute Gasteiger partial charge is 0.344 e. The number of hydrogen-bond acceptors (Lipinski definition) is 4. The molecule has 1 N–H and O–H groups in total. The van der Waals surface area contributed by atoms with Gasteiger partial charge in [-0.1, -0.05) is 30.3 Å². The smallest absolute Gasteiger partial charge is 0.185 e. The van der Waals surface area contributed by atoms with Gasteiger partial charge in [-0.25, -0.2) is 4.98 Å². The number of thiazole rings is 1. The van der Waals surface area contributed by atoms with Crippen molar-refractivity contribution in [2.75, 3.05) is 11.4 Å². The number of hydrogen-bond donors (Lipinski definition) is 1. The van der Waals surface area contributed by atoms with Gasteiger partial charge < -0.3 is 10.2 Å². The first-order chi connectivity index (χ1) is 9.98. The molecule has 1 heterocycles. The Morgan fingerprint density at radius 2 is 1.90 bits per heavy atom. The van der Waals surface area contributed by atoms with Crippen molar-refractivity contribution in [3.63, 3.8) is 0 Å². The van der Waals surface area contributed by atoms with E-state index >= 15 is 0 Å². The van der Waals surface area contributed by atoms with Crippen LogP contribution in [0.1, 0.15) is 39.0 Å². The topological polar surface area (TPSA) is 28.2 Å². The lowest BCUT2D eigenvalue weighted by molar-refractivity contribution is 0.422. The van der Waals surface area contributed by atoms with Crippen LogP contribution in [0, 0.1) is 0 Å². The third-order valence-electron chi connectivity index (χ3n) is 3.21. The second-order valence-electron chi connectivity index (χ2n) is 6.22. The van der Waals surface area contributed by atoms with E-state index in [9.17, 15) is 0 Å². The average Bonchev–Trinajstić information content (AvgIpc) is 2.92. The fourth-order valence-electron chi connectivity index (χ4n) is 2.00. The Kier molecular flexibility index (Phi) is 5.37. The van der Waals surface area contributed by atoms with Crippen LogP contribution in [0.25, 0.3) is 0 Å². The molecule has 2 rings (SSSR count). The zero-order valence-electron chi connectivity index (χ0n) is 13.4. The van der Waals surface area contributed by atoms with Crippen molar-refractivity contribution in [3.8, 4) is 0 Å². The van der Waals surface area contributed by atoms with Crippen molar-refractivity contribution in [2.24, 2.45) is 0 Å². The van der Waals surface area contributed by atoms with Crippen LogP contribution in [0.4, 0.5) is 5.13 Å². The summed E-state index contributed by atoms with van der Waals surface area (Å²) in [6.45, 7) is 11.4. The summed E-state index contributed by atoms with van der Waals surface area (Å²) in [7, 11) is 0. The minimum Gasteiger partial charge on any atom is -0.344 e. The Balaban J connectivity index is 2.01. The zero-order valence-corrected chi connectivity index (χ0v) is 14.2. The molecule has 2 aromatic rings. The van der Waals surface area contributed by atoms with Crippen LogP contribution in [0.2, 0.25) is 0 Å². The number of benzene rings is 1. The van der Waals surface area contributed by atoms with Crippen molar-refractivity contribution in [1.82, 2.24) is 10.3 Å². The monoisotopic (exact) mass is 303 g/mol.